The van der Waals surface area contributed by atoms with E-state index < -0.39 is 11.4 Å². The van der Waals surface area contributed by atoms with E-state index in [1.54, 1.807) is 11.1 Å². The van der Waals surface area contributed by atoms with Crippen LogP contribution < -0.4 is 4.90 Å². The molecule has 2 saturated carbocycles. The number of carboxylic acid groups (broad SMARTS) is 1. The van der Waals surface area contributed by atoms with Crippen molar-refractivity contribution in [1.29, 1.82) is 0 Å². The van der Waals surface area contributed by atoms with E-state index in [-0.39, 0.29) is 5.91 Å². The van der Waals surface area contributed by atoms with Crippen molar-refractivity contribution in [3.05, 3.63) is 89.7 Å². The Morgan fingerprint density at radius 2 is 1.81 bits per heavy atom. The zero-order valence-corrected chi connectivity index (χ0v) is 19.6. The largest absolute Gasteiger partial charge is 0.481 e. The number of pyridine rings is 1. The lowest BCUT2D eigenvalue weighted by Crippen LogP contribution is -2.24. The lowest BCUT2D eigenvalue weighted by molar-refractivity contribution is -0.140. The summed E-state index contributed by atoms with van der Waals surface area (Å²) >= 11 is 0. The number of rotatable bonds is 6. The molecule has 0 atom stereocenters. The fourth-order valence-electron chi connectivity index (χ4n) is 5.27. The normalized spacial score (nSPS) is 17.8. The van der Waals surface area contributed by atoms with Gasteiger partial charge >= 0.3 is 5.97 Å². The summed E-state index contributed by atoms with van der Waals surface area (Å²) in [4.78, 5) is 36.3. The van der Waals surface area contributed by atoms with Crippen LogP contribution in [0.2, 0.25) is 0 Å². The predicted molar refractivity (Wildman–Crippen MR) is 135 cm³/mol. The van der Waals surface area contributed by atoms with Crippen LogP contribution >= 0.6 is 0 Å². The van der Waals surface area contributed by atoms with E-state index in [9.17, 15) is 14.7 Å². The second kappa shape index (κ2) is 7.62. The van der Waals surface area contributed by atoms with Crippen LogP contribution in [0.4, 0.5) is 5.82 Å². The molecule has 7 rings (SSSR count). The maximum Gasteiger partial charge on any atom is 0.314 e. The monoisotopic (exact) mass is 476 g/mol. The van der Waals surface area contributed by atoms with E-state index in [1.807, 2.05) is 66.9 Å². The minimum absolute atomic E-state index is 0.0811. The number of imidazole rings is 1. The molecular formula is C29H24N4O3. The van der Waals surface area contributed by atoms with Gasteiger partial charge in [-0.1, -0.05) is 42.5 Å². The molecule has 2 fully saturated rings. The molecule has 0 bridgehead atoms. The van der Waals surface area contributed by atoms with E-state index in [4.69, 9.17) is 4.98 Å². The van der Waals surface area contributed by atoms with Crippen LogP contribution in [0.3, 0.4) is 0 Å². The number of carbonyl (C=O) groups excluding carboxylic acids is 1. The maximum absolute atomic E-state index is 13.5. The van der Waals surface area contributed by atoms with Crippen LogP contribution in [0.15, 0.2) is 73.1 Å². The molecule has 0 unspecified atom stereocenters. The van der Waals surface area contributed by atoms with Gasteiger partial charge in [0, 0.05) is 24.0 Å². The molecule has 2 aromatic heterocycles. The number of aromatic nitrogens is 3. The maximum atomic E-state index is 13.5. The molecule has 2 aliphatic carbocycles. The Morgan fingerprint density at radius 1 is 1.00 bits per heavy atom. The molecule has 3 aliphatic rings. The number of carboxylic acids is 1. The first-order valence-electron chi connectivity index (χ1n) is 12.3. The molecule has 3 heterocycles. The van der Waals surface area contributed by atoms with Gasteiger partial charge in [-0.05, 0) is 66.1 Å². The van der Waals surface area contributed by atoms with Crippen LogP contribution in [-0.4, -0.2) is 31.5 Å². The zero-order chi connectivity index (χ0) is 24.4. The first-order chi connectivity index (χ1) is 17.5. The van der Waals surface area contributed by atoms with Gasteiger partial charge in [-0.2, -0.15) is 0 Å². The number of anilines is 1. The highest BCUT2D eigenvalue weighted by atomic mass is 16.4. The molecule has 7 nitrogen and oxygen atoms in total. The third-order valence-electron chi connectivity index (χ3n) is 7.67. The standard InChI is InChI=1S/C29H24N4O3/c34-27-23-16-19(18-3-1-4-21(15-18)29(11-12-29)28(35)36)7-8-20(23)17-33(27)25-6-2-5-24(31-25)26-30-13-14-32(26)22-9-10-22/h1-8,13-16,22H,9-12,17H2,(H,35,36). The van der Waals surface area contributed by atoms with Gasteiger partial charge in [-0.25, -0.2) is 9.97 Å². The Bertz CT molecular complexity index is 1550. The molecule has 1 aliphatic heterocycles. The van der Waals surface area contributed by atoms with Crippen molar-refractivity contribution in [3.63, 3.8) is 0 Å². The number of benzene rings is 2. The number of hydrogen-bond donors (Lipinski definition) is 1. The number of nitrogens with zero attached hydrogens (tertiary/aromatic N) is 4. The molecule has 0 radical (unpaired) electrons. The smallest absolute Gasteiger partial charge is 0.314 e. The van der Waals surface area contributed by atoms with Crippen molar-refractivity contribution in [1.82, 2.24) is 14.5 Å². The summed E-state index contributed by atoms with van der Waals surface area (Å²) in [5.41, 5.74) is 4.26. The first kappa shape index (κ1) is 21.1. The fourth-order valence-corrected chi connectivity index (χ4v) is 5.27. The minimum Gasteiger partial charge on any atom is -0.481 e. The summed E-state index contributed by atoms with van der Waals surface area (Å²) < 4.78 is 2.17. The van der Waals surface area contributed by atoms with Crippen LogP contribution in [0.25, 0.3) is 22.6 Å². The van der Waals surface area contributed by atoms with Crippen molar-refractivity contribution in [2.45, 2.75) is 43.7 Å². The highest BCUT2D eigenvalue weighted by Crippen LogP contribution is 2.49. The molecule has 1 N–H and O–H groups in total. The number of hydrogen-bond acceptors (Lipinski definition) is 4. The lowest BCUT2D eigenvalue weighted by Gasteiger charge is -2.15. The van der Waals surface area contributed by atoms with E-state index >= 15 is 0 Å². The first-order valence-corrected chi connectivity index (χ1v) is 12.3. The quantitative estimate of drug-likeness (QED) is 0.412. The van der Waals surface area contributed by atoms with Gasteiger partial charge in [-0.15, -0.1) is 0 Å². The zero-order valence-electron chi connectivity index (χ0n) is 19.6. The summed E-state index contributed by atoms with van der Waals surface area (Å²) in [7, 11) is 0. The van der Waals surface area contributed by atoms with Crippen LogP contribution in [-0.2, 0) is 16.8 Å². The average molecular weight is 477 g/mol. The van der Waals surface area contributed by atoms with Crippen LogP contribution in [0, 0.1) is 0 Å². The molecule has 0 spiro atoms. The summed E-state index contributed by atoms with van der Waals surface area (Å²) in [6.45, 7) is 0.462. The molecule has 4 aromatic rings. The Balaban J connectivity index is 1.19. The Kier molecular flexibility index (Phi) is 4.46. The van der Waals surface area contributed by atoms with Crippen LogP contribution in [0.1, 0.15) is 53.2 Å². The van der Waals surface area contributed by atoms with Gasteiger partial charge < -0.3 is 9.67 Å². The number of carbonyl (C=O) groups is 2. The van der Waals surface area contributed by atoms with Crippen molar-refractivity contribution in [2.75, 3.05) is 4.90 Å². The molecule has 7 heteroatoms. The summed E-state index contributed by atoms with van der Waals surface area (Å²) in [6.07, 6.45) is 7.44. The van der Waals surface area contributed by atoms with E-state index in [1.165, 1.54) is 0 Å². The third-order valence-corrected chi connectivity index (χ3v) is 7.67. The highest BCUT2D eigenvalue weighted by molar-refractivity contribution is 6.10. The van der Waals surface area contributed by atoms with Gasteiger partial charge in [0.2, 0.25) is 0 Å². The van der Waals surface area contributed by atoms with Gasteiger partial charge in [0.25, 0.3) is 5.91 Å². The van der Waals surface area contributed by atoms with Crippen molar-refractivity contribution >= 4 is 17.7 Å². The fraction of sp³-hybridized carbons (Fsp3) is 0.241. The second-order valence-electron chi connectivity index (χ2n) is 10.0. The predicted octanol–water partition coefficient (Wildman–Crippen LogP) is 5.22. The Morgan fingerprint density at radius 3 is 2.58 bits per heavy atom. The summed E-state index contributed by atoms with van der Waals surface area (Å²) in [6, 6.07) is 19.8. The van der Waals surface area contributed by atoms with E-state index in [2.05, 4.69) is 9.55 Å². The van der Waals surface area contributed by atoms with Crippen molar-refractivity contribution in [2.24, 2.45) is 0 Å². The number of fused-ring (bicyclic) bond motifs is 1. The van der Waals surface area contributed by atoms with Crippen LogP contribution in [0.5, 0.6) is 0 Å². The van der Waals surface area contributed by atoms with Crippen molar-refractivity contribution < 1.29 is 14.7 Å². The molecule has 2 aromatic carbocycles. The van der Waals surface area contributed by atoms with E-state index in [0.29, 0.717) is 36.8 Å². The molecule has 1 amide bonds. The minimum atomic E-state index is -0.770. The topological polar surface area (TPSA) is 88.3 Å². The van der Waals surface area contributed by atoms with Gasteiger partial charge in [0.15, 0.2) is 5.82 Å². The SMILES string of the molecule is O=C1c2cc(-c3cccc(C4(C(=O)O)CC4)c3)ccc2CN1c1cccc(-c2nccn2C2CC2)n1. The lowest BCUT2D eigenvalue weighted by atomic mass is 9.92. The second-order valence-corrected chi connectivity index (χ2v) is 10.0. The Labute approximate surface area is 208 Å². The molecular weight excluding hydrogens is 452 g/mol. The van der Waals surface area contributed by atoms with Gasteiger partial charge in [0.05, 0.1) is 12.0 Å². The third kappa shape index (κ3) is 3.26. The van der Waals surface area contributed by atoms with Gasteiger partial charge in [0.1, 0.15) is 11.5 Å². The summed E-state index contributed by atoms with van der Waals surface area (Å²) in [5, 5.41) is 9.68. The molecule has 36 heavy (non-hydrogen) atoms. The van der Waals surface area contributed by atoms with Gasteiger partial charge in [-0.3, -0.25) is 14.5 Å². The molecule has 178 valence electrons. The molecule has 0 saturated heterocycles. The van der Waals surface area contributed by atoms with Crippen molar-refractivity contribution in [3.8, 4) is 22.6 Å². The number of amides is 1. The average Bonchev–Trinajstić information content (AvgIpc) is 3.83. The Hall–Kier alpha value is -4.26. The highest BCUT2D eigenvalue weighted by Gasteiger charge is 2.51. The summed E-state index contributed by atoms with van der Waals surface area (Å²) in [5.74, 6) is 0.594. The number of aliphatic carboxylic acids is 1. The van der Waals surface area contributed by atoms with E-state index in [0.717, 1.165) is 46.6 Å².